The van der Waals surface area contributed by atoms with Gasteiger partial charge in [-0.15, -0.1) is 6.58 Å². The fourth-order valence-corrected chi connectivity index (χ4v) is 2.35. The number of halogens is 1. The summed E-state index contributed by atoms with van der Waals surface area (Å²) < 4.78 is 31.2. The summed E-state index contributed by atoms with van der Waals surface area (Å²) >= 11 is 5.87. The van der Waals surface area contributed by atoms with Crippen molar-refractivity contribution in [2.24, 2.45) is 0 Å². The van der Waals surface area contributed by atoms with E-state index >= 15 is 0 Å². The van der Waals surface area contributed by atoms with Crippen LogP contribution in [0.3, 0.4) is 0 Å². The summed E-state index contributed by atoms with van der Waals surface area (Å²) in [6, 6.07) is 4.32. The lowest BCUT2D eigenvalue weighted by Gasteiger charge is -2.09. The third kappa shape index (κ3) is 3.73. The summed E-state index contributed by atoms with van der Waals surface area (Å²) in [5.41, 5.74) is 0. The van der Waals surface area contributed by atoms with Crippen LogP contribution in [-0.4, -0.2) is 21.6 Å². The highest BCUT2D eigenvalue weighted by Crippen LogP contribution is 2.27. The van der Waals surface area contributed by atoms with E-state index in [0.717, 1.165) is 0 Å². The van der Waals surface area contributed by atoms with E-state index in [1.807, 2.05) is 0 Å². The first-order valence-corrected chi connectivity index (χ1v) is 6.90. The molecule has 0 heterocycles. The molecule has 0 fully saturated rings. The SMILES string of the molecule is C=CCNS(=O)(=O)c1ccc(Cl)c(OCC)c1. The van der Waals surface area contributed by atoms with Gasteiger partial charge in [0, 0.05) is 12.6 Å². The van der Waals surface area contributed by atoms with Gasteiger partial charge in [0.15, 0.2) is 0 Å². The standard InChI is InChI=1S/C11H14ClNO3S/c1-3-7-13-17(14,15)9-5-6-10(12)11(8-9)16-4-2/h3,5-6,8,13H,1,4,7H2,2H3. The van der Waals surface area contributed by atoms with E-state index in [-0.39, 0.29) is 11.4 Å². The largest absolute Gasteiger partial charge is 0.492 e. The van der Waals surface area contributed by atoms with E-state index in [1.54, 1.807) is 6.92 Å². The van der Waals surface area contributed by atoms with Gasteiger partial charge in [-0.1, -0.05) is 17.7 Å². The maximum atomic E-state index is 11.8. The van der Waals surface area contributed by atoms with Crippen molar-refractivity contribution in [3.05, 3.63) is 35.9 Å². The summed E-state index contributed by atoms with van der Waals surface area (Å²) in [7, 11) is -3.54. The molecule has 17 heavy (non-hydrogen) atoms. The number of nitrogens with one attached hydrogen (secondary N) is 1. The second-order valence-electron chi connectivity index (χ2n) is 3.17. The number of ether oxygens (including phenoxy) is 1. The van der Waals surface area contributed by atoms with Crippen molar-refractivity contribution in [2.45, 2.75) is 11.8 Å². The molecule has 4 nitrogen and oxygen atoms in total. The molecule has 1 aromatic rings. The zero-order chi connectivity index (χ0) is 12.9. The van der Waals surface area contributed by atoms with Crippen LogP contribution in [0.2, 0.25) is 5.02 Å². The molecule has 0 saturated heterocycles. The molecular weight excluding hydrogens is 262 g/mol. The Labute approximate surface area is 106 Å². The van der Waals surface area contributed by atoms with Gasteiger partial charge >= 0.3 is 0 Å². The molecule has 0 radical (unpaired) electrons. The molecule has 1 N–H and O–H groups in total. The Morgan fingerprint density at radius 2 is 2.24 bits per heavy atom. The highest BCUT2D eigenvalue weighted by molar-refractivity contribution is 7.89. The van der Waals surface area contributed by atoms with Crippen LogP contribution in [-0.2, 0) is 10.0 Å². The Morgan fingerprint density at radius 3 is 2.82 bits per heavy atom. The van der Waals surface area contributed by atoms with Crippen LogP contribution in [0, 0.1) is 0 Å². The quantitative estimate of drug-likeness (QED) is 0.810. The minimum Gasteiger partial charge on any atom is -0.492 e. The third-order valence-corrected chi connectivity index (χ3v) is 3.66. The summed E-state index contributed by atoms with van der Waals surface area (Å²) in [5.74, 6) is 0.357. The number of hydrogen-bond donors (Lipinski definition) is 1. The zero-order valence-corrected chi connectivity index (χ0v) is 11.0. The number of rotatable bonds is 6. The number of benzene rings is 1. The second-order valence-corrected chi connectivity index (χ2v) is 5.34. The predicted octanol–water partition coefficient (Wildman–Crippen LogP) is 2.20. The Hall–Kier alpha value is -1.04. The molecular formula is C11H14ClNO3S. The third-order valence-electron chi connectivity index (χ3n) is 1.93. The molecule has 0 amide bonds. The minimum absolute atomic E-state index is 0.118. The van der Waals surface area contributed by atoms with E-state index in [2.05, 4.69) is 11.3 Å². The molecule has 0 aromatic heterocycles. The lowest BCUT2D eigenvalue weighted by molar-refractivity contribution is 0.339. The first kappa shape index (κ1) is 14.0. The highest BCUT2D eigenvalue weighted by Gasteiger charge is 2.15. The topological polar surface area (TPSA) is 55.4 Å². The molecule has 0 aliphatic carbocycles. The highest BCUT2D eigenvalue weighted by atomic mass is 35.5. The maximum Gasteiger partial charge on any atom is 0.240 e. The van der Waals surface area contributed by atoms with Gasteiger partial charge in [-0.3, -0.25) is 0 Å². The van der Waals surface area contributed by atoms with Crippen molar-refractivity contribution in [1.82, 2.24) is 4.72 Å². The van der Waals surface area contributed by atoms with Crippen molar-refractivity contribution >= 4 is 21.6 Å². The molecule has 1 aromatic carbocycles. The van der Waals surface area contributed by atoms with Gasteiger partial charge in [0.2, 0.25) is 10.0 Å². The van der Waals surface area contributed by atoms with Crippen LogP contribution in [0.15, 0.2) is 35.7 Å². The maximum absolute atomic E-state index is 11.8. The van der Waals surface area contributed by atoms with Crippen molar-refractivity contribution in [3.63, 3.8) is 0 Å². The molecule has 0 unspecified atom stereocenters. The van der Waals surface area contributed by atoms with Gasteiger partial charge < -0.3 is 4.74 Å². The molecule has 0 saturated carbocycles. The Kier molecular flexibility index (Phi) is 4.99. The van der Waals surface area contributed by atoms with Crippen molar-refractivity contribution in [1.29, 1.82) is 0 Å². The van der Waals surface area contributed by atoms with E-state index in [9.17, 15) is 8.42 Å². The summed E-state index contributed by atoms with van der Waals surface area (Å²) in [4.78, 5) is 0.118. The van der Waals surface area contributed by atoms with Crippen LogP contribution < -0.4 is 9.46 Å². The van der Waals surface area contributed by atoms with Crippen LogP contribution in [0.25, 0.3) is 0 Å². The van der Waals surface area contributed by atoms with Crippen molar-refractivity contribution < 1.29 is 13.2 Å². The first-order chi connectivity index (χ1) is 8.01. The van der Waals surface area contributed by atoms with Crippen LogP contribution in [0.4, 0.5) is 0 Å². The van der Waals surface area contributed by atoms with Gasteiger partial charge in [0.1, 0.15) is 5.75 Å². The van der Waals surface area contributed by atoms with Crippen molar-refractivity contribution in [2.75, 3.05) is 13.2 Å². The predicted molar refractivity (Wildman–Crippen MR) is 68.0 cm³/mol. The fraction of sp³-hybridized carbons (Fsp3) is 0.273. The van der Waals surface area contributed by atoms with Gasteiger partial charge in [0.05, 0.1) is 16.5 Å². The van der Waals surface area contributed by atoms with Gasteiger partial charge in [-0.2, -0.15) is 0 Å². The van der Waals surface area contributed by atoms with Crippen LogP contribution in [0.1, 0.15) is 6.92 Å². The van der Waals surface area contributed by atoms with Crippen molar-refractivity contribution in [3.8, 4) is 5.75 Å². The van der Waals surface area contributed by atoms with E-state index in [1.165, 1.54) is 24.3 Å². The summed E-state index contributed by atoms with van der Waals surface area (Å²) in [6.07, 6.45) is 1.47. The molecule has 94 valence electrons. The monoisotopic (exact) mass is 275 g/mol. The Morgan fingerprint density at radius 1 is 1.53 bits per heavy atom. The normalized spacial score (nSPS) is 11.2. The van der Waals surface area contributed by atoms with E-state index < -0.39 is 10.0 Å². The average Bonchev–Trinajstić information content (AvgIpc) is 2.29. The fourth-order valence-electron chi connectivity index (χ4n) is 1.17. The molecule has 6 heteroatoms. The van der Waals surface area contributed by atoms with Crippen LogP contribution >= 0.6 is 11.6 Å². The first-order valence-electron chi connectivity index (χ1n) is 5.04. The molecule has 1 rings (SSSR count). The Balaban J connectivity index is 3.06. The summed E-state index contributed by atoms with van der Waals surface area (Å²) in [6.45, 7) is 5.84. The minimum atomic E-state index is -3.54. The molecule has 0 atom stereocenters. The van der Waals surface area contributed by atoms with E-state index in [0.29, 0.717) is 17.4 Å². The number of hydrogen-bond acceptors (Lipinski definition) is 3. The van der Waals surface area contributed by atoms with Gasteiger partial charge in [-0.25, -0.2) is 13.1 Å². The molecule has 0 aliphatic heterocycles. The lowest BCUT2D eigenvalue weighted by atomic mass is 10.3. The lowest BCUT2D eigenvalue weighted by Crippen LogP contribution is -2.23. The molecule has 0 bridgehead atoms. The van der Waals surface area contributed by atoms with Gasteiger partial charge in [0.25, 0.3) is 0 Å². The van der Waals surface area contributed by atoms with Gasteiger partial charge in [-0.05, 0) is 19.1 Å². The molecule has 0 spiro atoms. The van der Waals surface area contributed by atoms with E-state index in [4.69, 9.17) is 16.3 Å². The summed E-state index contributed by atoms with van der Waals surface area (Å²) in [5, 5.41) is 0.384. The second kappa shape index (κ2) is 6.05. The Bertz CT molecular complexity index is 499. The zero-order valence-electron chi connectivity index (χ0n) is 9.44. The molecule has 0 aliphatic rings. The smallest absolute Gasteiger partial charge is 0.240 e. The average molecular weight is 276 g/mol. The van der Waals surface area contributed by atoms with Crippen LogP contribution in [0.5, 0.6) is 5.75 Å². The number of sulfonamides is 1.